The standard InChI is InChI=1S/C64H116N2O23/c1-6-8-9-10-11-12-13-14-15-16-17-18-19-20-21-26-29-32-35-46(70)60(80)65-44(45(69)34-31-28-25-23-22-24-27-30-33-41(3)7-2)38-83-62-56(78)54(76)53(75)49(88-62)39-85-64(63(81)82)36-47(71)51(59(89-64)52(74)48(72)37-67)66-50(73)40-84-61-57(79)55(77)58(42(4)86-61)87-43(5)68/h31,34,41-42,44-49,51-59,61-62,67,69-72,74-79H,6-30,32-33,35-40H2,1-5H3,(H,65,80)(H,66,73)(H,81,82)/b34-31+/t41?,42-,44-,45+,46+,47-,48-,49+,51+,52-,53+,54-,55-,56+,57-,58+,59+,61+,62+,64+/m0/s1. The van der Waals surface area contributed by atoms with E-state index < -0.39 is 173 Å². The minimum Gasteiger partial charge on any atom is -0.477 e. The Morgan fingerprint density at radius 2 is 1.20 bits per heavy atom. The van der Waals surface area contributed by atoms with E-state index in [4.69, 9.17) is 33.2 Å². The molecular formula is C64H116N2O23. The number of ether oxygens (including phenoxy) is 7. The summed E-state index contributed by atoms with van der Waals surface area (Å²) in [4.78, 5) is 51.3. The number of amides is 2. The van der Waals surface area contributed by atoms with Crippen molar-refractivity contribution in [1.29, 1.82) is 0 Å². The Labute approximate surface area is 527 Å². The highest BCUT2D eigenvalue weighted by molar-refractivity contribution is 5.81. The summed E-state index contributed by atoms with van der Waals surface area (Å²) in [5.74, 6) is -6.82. The Balaban J connectivity index is 1.64. The fourth-order valence-corrected chi connectivity index (χ4v) is 11.4. The number of hydrogen-bond acceptors (Lipinski definition) is 22. The van der Waals surface area contributed by atoms with Gasteiger partial charge in [-0.3, -0.25) is 14.4 Å². The number of aliphatic carboxylic acids is 1. The molecule has 14 N–H and O–H groups in total. The van der Waals surface area contributed by atoms with E-state index in [9.17, 15) is 80.5 Å². The second-order valence-electron chi connectivity index (χ2n) is 25.0. The maximum absolute atomic E-state index is 13.5. The van der Waals surface area contributed by atoms with E-state index in [2.05, 4.69) is 31.4 Å². The number of aliphatic hydroxyl groups is 11. The first-order valence-electron chi connectivity index (χ1n) is 33.5. The Kier molecular flexibility index (Phi) is 40.1. The third-order valence-electron chi connectivity index (χ3n) is 17.4. The summed E-state index contributed by atoms with van der Waals surface area (Å²) in [6.07, 6.45) is 5.12. The number of hydrogen-bond donors (Lipinski definition) is 14. The molecule has 0 aromatic rings. The topological polar surface area (TPSA) is 400 Å². The van der Waals surface area contributed by atoms with Gasteiger partial charge in [0, 0.05) is 13.3 Å². The largest absolute Gasteiger partial charge is 0.477 e. The lowest BCUT2D eigenvalue weighted by molar-refractivity contribution is -0.339. The van der Waals surface area contributed by atoms with Gasteiger partial charge in [-0.1, -0.05) is 193 Å². The molecule has 3 heterocycles. The van der Waals surface area contributed by atoms with E-state index in [0.717, 1.165) is 64.2 Å². The molecule has 3 rings (SSSR count). The van der Waals surface area contributed by atoms with Crippen molar-refractivity contribution in [3.05, 3.63) is 12.2 Å². The number of allylic oxidation sites excluding steroid dienone is 1. The molecule has 0 bridgehead atoms. The molecule has 20 atom stereocenters. The van der Waals surface area contributed by atoms with E-state index in [1.807, 2.05) is 0 Å². The lowest BCUT2D eigenvalue weighted by atomic mass is 9.88. The van der Waals surface area contributed by atoms with Crippen LogP contribution in [0.15, 0.2) is 12.2 Å². The monoisotopic (exact) mass is 1280 g/mol. The number of carbonyl (C=O) groups excluding carboxylic acids is 3. The van der Waals surface area contributed by atoms with Gasteiger partial charge in [-0.25, -0.2) is 4.79 Å². The third kappa shape index (κ3) is 29.0. The van der Waals surface area contributed by atoms with Crippen molar-refractivity contribution in [1.82, 2.24) is 10.6 Å². The first-order chi connectivity index (χ1) is 42.5. The van der Waals surface area contributed by atoms with Crippen molar-refractivity contribution < 1.29 is 114 Å². The van der Waals surface area contributed by atoms with Crippen molar-refractivity contribution in [3.8, 4) is 0 Å². The Morgan fingerprint density at radius 1 is 0.674 bits per heavy atom. The van der Waals surface area contributed by atoms with Crippen LogP contribution >= 0.6 is 0 Å². The van der Waals surface area contributed by atoms with Crippen LogP contribution in [-0.4, -0.2) is 227 Å². The molecule has 2 amide bonds. The average Bonchev–Trinajstić information content (AvgIpc) is 0.953. The SMILES string of the molecule is CCCCCCCCCCCCCCCCCCCC[C@@H](O)C(=O)N[C@@H](CO[C@@H]1O[C@H](CO[C@]2(C(=O)O)C[C@H](O)[C@@H](NC(=O)CO[C@@H]3O[C@@H](C)[C@@H](OC(C)=O)[C@@H](O)[C@@H]3O)[C@H]([C@@H](O)[C@@H](O)CO)O2)[C@@H](O)[C@H](O)[C@H]1O)[C@H](O)/C=C/CCCCCCCCC(C)CC. The molecular weight excluding hydrogens is 1160 g/mol. The molecule has 0 saturated carbocycles. The lowest BCUT2D eigenvalue weighted by Gasteiger charge is -2.47. The molecule has 3 fully saturated rings. The fraction of sp³-hybridized carbons (Fsp3) is 0.906. The van der Waals surface area contributed by atoms with Gasteiger partial charge in [0.25, 0.3) is 5.79 Å². The molecule has 0 spiro atoms. The van der Waals surface area contributed by atoms with Gasteiger partial charge in [0.2, 0.25) is 11.8 Å². The summed E-state index contributed by atoms with van der Waals surface area (Å²) >= 11 is 0. The number of carboxylic acids is 1. The van der Waals surface area contributed by atoms with Gasteiger partial charge in [-0.05, 0) is 32.1 Å². The number of aliphatic hydroxyl groups excluding tert-OH is 11. The van der Waals surface area contributed by atoms with Crippen LogP contribution < -0.4 is 10.6 Å². The van der Waals surface area contributed by atoms with Crippen LogP contribution in [0.4, 0.5) is 0 Å². The highest BCUT2D eigenvalue weighted by atomic mass is 16.7. The highest BCUT2D eigenvalue weighted by Gasteiger charge is 2.57. The van der Waals surface area contributed by atoms with Gasteiger partial charge in [-0.15, -0.1) is 0 Å². The molecule has 3 aliphatic rings. The average molecular weight is 1280 g/mol. The summed E-state index contributed by atoms with van der Waals surface area (Å²) in [7, 11) is 0. The quantitative estimate of drug-likeness (QED) is 0.0234. The van der Waals surface area contributed by atoms with Gasteiger partial charge < -0.3 is 105 Å². The van der Waals surface area contributed by atoms with Crippen LogP contribution in [0.2, 0.25) is 0 Å². The highest BCUT2D eigenvalue weighted by Crippen LogP contribution is 2.35. The fourth-order valence-electron chi connectivity index (χ4n) is 11.4. The summed E-state index contributed by atoms with van der Waals surface area (Å²) in [6, 6.07) is -3.02. The smallest absolute Gasteiger partial charge is 0.364 e. The first kappa shape index (κ1) is 80.2. The van der Waals surface area contributed by atoms with Crippen LogP contribution in [0.5, 0.6) is 0 Å². The Bertz CT molecular complexity index is 1960. The molecule has 89 heavy (non-hydrogen) atoms. The molecule has 3 saturated heterocycles. The summed E-state index contributed by atoms with van der Waals surface area (Å²) in [5, 5.41) is 135. The molecule has 0 aliphatic carbocycles. The molecule has 0 aromatic heterocycles. The van der Waals surface area contributed by atoms with Crippen LogP contribution in [-0.2, 0) is 52.3 Å². The first-order valence-corrected chi connectivity index (χ1v) is 33.5. The van der Waals surface area contributed by atoms with Gasteiger partial charge in [0.05, 0.1) is 50.2 Å². The zero-order chi connectivity index (χ0) is 65.9. The van der Waals surface area contributed by atoms with E-state index in [-0.39, 0.29) is 6.42 Å². The summed E-state index contributed by atoms with van der Waals surface area (Å²) in [6.45, 7) is 5.55. The summed E-state index contributed by atoms with van der Waals surface area (Å²) in [5.41, 5.74) is 0. The Morgan fingerprint density at radius 3 is 1.74 bits per heavy atom. The molecule has 25 nitrogen and oxygen atoms in total. The minimum absolute atomic E-state index is 0.166. The predicted molar refractivity (Wildman–Crippen MR) is 326 cm³/mol. The van der Waals surface area contributed by atoms with Crippen molar-refractivity contribution in [2.24, 2.45) is 5.92 Å². The second kappa shape index (κ2) is 44.5. The summed E-state index contributed by atoms with van der Waals surface area (Å²) < 4.78 is 39.0. The van der Waals surface area contributed by atoms with Crippen LogP contribution in [0.1, 0.15) is 221 Å². The van der Waals surface area contributed by atoms with Crippen molar-refractivity contribution in [2.75, 3.05) is 26.4 Å². The number of nitrogens with one attached hydrogen (secondary N) is 2. The van der Waals surface area contributed by atoms with Crippen molar-refractivity contribution in [3.63, 3.8) is 0 Å². The van der Waals surface area contributed by atoms with E-state index in [1.54, 1.807) is 6.08 Å². The number of esters is 1. The van der Waals surface area contributed by atoms with E-state index in [0.29, 0.717) is 12.8 Å². The second-order valence-corrected chi connectivity index (χ2v) is 25.0. The molecule has 25 heteroatoms. The van der Waals surface area contributed by atoms with E-state index >= 15 is 0 Å². The van der Waals surface area contributed by atoms with Crippen LogP contribution in [0, 0.1) is 5.92 Å². The molecule has 1 unspecified atom stereocenters. The zero-order valence-electron chi connectivity index (χ0n) is 53.8. The van der Waals surface area contributed by atoms with Gasteiger partial charge >= 0.3 is 11.9 Å². The molecule has 3 aliphatic heterocycles. The number of carbonyl (C=O) groups is 4. The van der Waals surface area contributed by atoms with Crippen molar-refractivity contribution >= 4 is 23.8 Å². The maximum atomic E-state index is 13.5. The molecule has 0 aromatic carbocycles. The van der Waals surface area contributed by atoms with Gasteiger partial charge in [-0.2, -0.15) is 0 Å². The maximum Gasteiger partial charge on any atom is 0.364 e. The Hall–Kier alpha value is -3.06. The zero-order valence-corrected chi connectivity index (χ0v) is 53.8. The number of rotatable bonds is 48. The lowest BCUT2D eigenvalue weighted by Crippen LogP contribution is -2.69. The molecule has 520 valence electrons. The van der Waals surface area contributed by atoms with E-state index in [1.165, 1.54) is 122 Å². The van der Waals surface area contributed by atoms with Gasteiger partial charge in [0.15, 0.2) is 18.7 Å². The number of carboxylic acid groups (broad SMARTS) is 1. The third-order valence-corrected chi connectivity index (χ3v) is 17.4. The van der Waals surface area contributed by atoms with Gasteiger partial charge in [0.1, 0.15) is 67.6 Å². The molecule has 0 radical (unpaired) electrons. The van der Waals surface area contributed by atoms with Crippen LogP contribution in [0.25, 0.3) is 0 Å². The minimum atomic E-state index is -2.98. The van der Waals surface area contributed by atoms with Crippen LogP contribution in [0.3, 0.4) is 0 Å². The van der Waals surface area contributed by atoms with Crippen molar-refractivity contribution in [2.45, 2.75) is 337 Å². The predicted octanol–water partition coefficient (Wildman–Crippen LogP) is 3.73. The number of unbranched alkanes of at least 4 members (excludes halogenated alkanes) is 23. The normalized spacial score (nSPS) is 29.5.